The van der Waals surface area contributed by atoms with Gasteiger partial charge >= 0.3 is 0 Å². The fraction of sp³-hybridized carbons (Fsp3) is 0.615. The third kappa shape index (κ3) is 4.68. The number of hydrogen-bond acceptors (Lipinski definition) is 3. The van der Waals surface area contributed by atoms with Crippen LogP contribution >= 0.6 is 24.0 Å². The maximum absolute atomic E-state index is 9.83. The number of halogens is 1. The van der Waals surface area contributed by atoms with E-state index >= 15 is 0 Å². The first-order valence-electron chi connectivity index (χ1n) is 6.43. The molecule has 1 fully saturated rings. The van der Waals surface area contributed by atoms with Crippen LogP contribution in [0.1, 0.15) is 31.6 Å². The molecule has 0 aliphatic carbocycles. The quantitative estimate of drug-likeness (QED) is 0.479. The highest BCUT2D eigenvalue weighted by Gasteiger charge is 2.18. The van der Waals surface area contributed by atoms with E-state index in [1.807, 2.05) is 0 Å². The van der Waals surface area contributed by atoms with Crippen LogP contribution in [0.15, 0.2) is 27.8 Å². The van der Waals surface area contributed by atoms with Gasteiger partial charge in [0.25, 0.3) is 0 Å². The number of aliphatic hydroxyl groups is 1. The average Bonchev–Trinajstić information content (AvgIpc) is 2.89. The van der Waals surface area contributed by atoms with Crippen LogP contribution in [-0.4, -0.2) is 35.6 Å². The first-order chi connectivity index (χ1) is 8.66. The van der Waals surface area contributed by atoms with E-state index in [0.717, 1.165) is 19.5 Å². The molecule has 3 N–H and O–H groups in total. The van der Waals surface area contributed by atoms with Crippen LogP contribution in [0.5, 0.6) is 0 Å². The number of aliphatic imine (C=N–C) groups is 1. The summed E-state index contributed by atoms with van der Waals surface area (Å²) < 4.78 is 5.12. The van der Waals surface area contributed by atoms with Crippen molar-refractivity contribution in [3.8, 4) is 0 Å². The number of nitrogens with zero attached hydrogens (tertiary/aromatic N) is 2. The SMILES string of the molecule is CC1CCCN(C(N)=NCC(O)c2ccco2)C1.I. The minimum absolute atomic E-state index is 0. The van der Waals surface area contributed by atoms with Crippen LogP contribution < -0.4 is 5.73 Å². The van der Waals surface area contributed by atoms with E-state index in [1.54, 1.807) is 12.1 Å². The predicted octanol–water partition coefficient (Wildman–Crippen LogP) is 1.98. The molecule has 19 heavy (non-hydrogen) atoms. The largest absolute Gasteiger partial charge is 0.467 e. The summed E-state index contributed by atoms with van der Waals surface area (Å²) in [5.74, 6) is 1.70. The highest BCUT2D eigenvalue weighted by Crippen LogP contribution is 2.16. The van der Waals surface area contributed by atoms with Gasteiger partial charge < -0.3 is 20.2 Å². The van der Waals surface area contributed by atoms with E-state index in [0.29, 0.717) is 17.6 Å². The van der Waals surface area contributed by atoms with Crippen molar-refractivity contribution in [3.05, 3.63) is 24.2 Å². The van der Waals surface area contributed by atoms with Crippen LogP contribution in [0.2, 0.25) is 0 Å². The Hall–Kier alpha value is -0.760. The third-order valence-electron chi connectivity index (χ3n) is 3.28. The molecule has 1 aromatic rings. The number of likely N-dealkylation sites (tertiary alicyclic amines) is 1. The fourth-order valence-electron chi connectivity index (χ4n) is 2.25. The predicted molar refractivity (Wildman–Crippen MR) is 85.5 cm³/mol. The molecule has 0 bridgehead atoms. The molecule has 2 rings (SSSR count). The van der Waals surface area contributed by atoms with E-state index in [1.165, 1.54) is 12.7 Å². The van der Waals surface area contributed by atoms with Gasteiger partial charge in [0.1, 0.15) is 11.9 Å². The number of furan rings is 1. The molecule has 2 atom stereocenters. The van der Waals surface area contributed by atoms with E-state index in [4.69, 9.17) is 10.2 Å². The standard InChI is InChI=1S/C13H21N3O2.HI/c1-10-4-2-6-16(9-10)13(14)15-8-11(17)12-5-3-7-18-12;/h3,5,7,10-11,17H,2,4,6,8-9H2,1H3,(H2,14,15);1H. The summed E-state index contributed by atoms with van der Waals surface area (Å²) in [6.45, 7) is 4.37. The average molecular weight is 379 g/mol. The van der Waals surface area contributed by atoms with Gasteiger partial charge in [-0.3, -0.25) is 4.99 Å². The van der Waals surface area contributed by atoms with Gasteiger partial charge in [-0.1, -0.05) is 6.92 Å². The van der Waals surface area contributed by atoms with Crippen LogP contribution in [-0.2, 0) is 0 Å². The van der Waals surface area contributed by atoms with Gasteiger partial charge in [-0.05, 0) is 30.9 Å². The minimum Gasteiger partial charge on any atom is -0.467 e. The Morgan fingerprint density at radius 1 is 1.68 bits per heavy atom. The molecule has 1 aliphatic rings. The zero-order chi connectivity index (χ0) is 13.0. The molecular formula is C13H22IN3O2. The lowest BCUT2D eigenvalue weighted by atomic mass is 10.0. The summed E-state index contributed by atoms with van der Waals surface area (Å²) in [4.78, 5) is 6.33. The second-order valence-corrected chi connectivity index (χ2v) is 4.92. The minimum atomic E-state index is -0.722. The van der Waals surface area contributed by atoms with Crippen molar-refractivity contribution >= 4 is 29.9 Å². The number of piperidine rings is 1. The second-order valence-electron chi connectivity index (χ2n) is 4.92. The van der Waals surface area contributed by atoms with Crippen molar-refractivity contribution in [2.24, 2.45) is 16.6 Å². The Morgan fingerprint density at radius 3 is 3.11 bits per heavy atom. The number of aliphatic hydroxyl groups excluding tert-OH is 1. The van der Waals surface area contributed by atoms with E-state index in [9.17, 15) is 5.11 Å². The molecule has 0 radical (unpaired) electrons. The molecule has 0 amide bonds. The van der Waals surface area contributed by atoms with Crippen molar-refractivity contribution in [1.82, 2.24) is 4.90 Å². The van der Waals surface area contributed by atoms with Crippen LogP contribution in [0.25, 0.3) is 0 Å². The lowest BCUT2D eigenvalue weighted by Crippen LogP contribution is -2.43. The Kier molecular flexibility index (Phi) is 6.64. The molecule has 0 saturated carbocycles. The van der Waals surface area contributed by atoms with Crippen LogP contribution in [0.3, 0.4) is 0 Å². The summed E-state index contributed by atoms with van der Waals surface area (Å²) >= 11 is 0. The smallest absolute Gasteiger partial charge is 0.191 e. The Labute approximate surface area is 130 Å². The monoisotopic (exact) mass is 379 g/mol. The van der Waals surface area contributed by atoms with Gasteiger partial charge in [0.2, 0.25) is 0 Å². The summed E-state index contributed by atoms with van der Waals surface area (Å²) in [7, 11) is 0. The van der Waals surface area contributed by atoms with Gasteiger partial charge in [-0.25, -0.2) is 0 Å². The zero-order valence-electron chi connectivity index (χ0n) is 11.2. The summed E-state index contributed by atoms with van der Waals surface area (Å²) in [5, 5.41) is 9.83. The Morgan fingerprint density at radius 2 is 2.47 bits per heavy atom. The highest BCUT2D eigenvalue weighted by molar-refractivity contribution is 14.0. The molecule has 1 saturated heterocycles. The van der Waals surface area contributed by atoms with E-state index in [2.05, 4.69) is 16.8 Å². The first kappa shape index (κ1) is 16.3. The Balaban J connectivity index is 0.00000180. The third-order valence-corrected chi connectivity index (χ3v) is 3.28. The van der Waals surface area contributed by atoms with E-state index in [-0.39, 0.29) is 30.5 Å². The van der Waals surface area contributed by atoms with Crippen molar-refractivity contribution in [2.75, 3.05) is 19.6 Å². The summed E-state index contributed by atoms with van der Waals surface area (Å²) in [5.41, 5.74) is 5.95. The number of rotatable bonds is 3. The van der Waals surface area contributed by atoms with Crippen LogP contribution in [0, 0.1) is 5.92 Å². The normalized spacial score (nSPS) is 21.9. The lowest BCUT2D eigenvalue weighted by molar-refractivity contribution is 0.157. The van der Waals surface area contributed by atoms with Crippen molar-refractivity contribution in [3.63, 3.8) is 0 Å². The Bertz CT molecular complexity index is 395. The molecule has 5 nitrogen and oxygen atoms in total. The van der Waals surface area contributed by atoms with Gasteiger partial charge in [0, 0.05) is 13.1 Å². The van der Waals surface area contributed by atoms with E-state index < -0.39 is 6.10 Å². The molecule has 0 aromatic carbocycles. The second kappa shape index (κ2) is 7.74. The number of hydrogen-bond donors (Lipinski definition) is 2. The summed E-state index contributed by atoms with van der Waals surface area (Å²) in [6.07, 6.45) is 3.22. The van der Waals surface area contributed by atoms with Gasteiger partial charge in [-0.15, -0.1) is 24.0 Å². The summed E-state index contributed by atoms with van der Waals surface area (Å²) in [6, 6.07) is 3.48. The number of nitrogens with two attached hydrogens (primary N) is 1. The highest BCUT2D eigenvalue weighted by atomic mass is 127. The fourth-order valence-corrected chi connectivity index (χ4v) is 2.25. The topological polar surface area (TPSA) is 75.0 Å². The van der Waals surface area contributed by atoms with Crippen molar-refractivity contribution in [2.45, 2.75) is 25.9 Å². The van der Waals surface area contributed by atoms with Gasteiger partial charge in [0.05, 0.1) is 12.8 Å². The maximum atomic E-state index is 9.83. The van der Waals surface area contributed by atoms with Gasteiger partial charge in [0.15, 0.2) is 5.96 Å². The zero-order valence-corrected chi connectivity index (χ0v) is 13.5. The van der Waals surface area contributed by atoms with Crippen molar-refractivity contribution in [1.29, 1.82) is 0 Å². The lowest BCUT2D eigenvalue weighted by Gasteiger charge is -2.31. The molecule has 108 valence electrons. The number of guanidine groups is 1. The molecule has 2 unspecified atom stereocenters. The van der Waals surface area contributed by atoms with Gasteiger partial charge in [-0.2, -0.15) is 0 Å². The maximum Gasteiger partial charge on any atom is 0.191 e. The molecule has 0 spiro atoms. The molecular weight excluding hydrogens is 357 g/mol. The first-order valence-corrected chi connectivity index (χ1v) is 6.43. The molecule has 1 aromatic heterocycles. The molecule has 1 aliphatic heterocycles. The van der Waals surface area contributed by atoms with Crippen LogP contribution in [0.4, 0.5) is 0 Å². The molecule has 2 heterocycles. The molecule has 6 heteroatoms. The van der Waals surface area contributed by atoms with Crippen molar-refractivity contribution < 1.29 is 9.52 Å².